The van der Waals surface area contributed by atoms with E-state index in [0.717, 1.165) is 0 Å². The first kappa shape index (κ1) is 6.89. The largest absolute Gasteiger partial charge is 0.323 e. The van der Waals surface area contributed by atoms with Crippen molar-refractivity contribution >= 4 is 0 Å². The molecule has 0 spiro atoms. The van der Waals surface area contributed by atoms with Crippen molar-refractivity contribution in [3.63, 3.8) is 0 Å². The maximum Gasteiger partial charge on any atom is 0.275 e. The topological polar surface area (TPSA) is 38.0 Å². The minimum Gasteiger partial charge on any atom is -0.323 e. The molecule has 3 N–H and O–H groups in total. The van der Waals surface area contributed by atoms with Gasteiger partial charge in [0.25, 0.3) is 5.92 Å². The number of rotatable bonds is 0. The Labute approximate surface area is 52.4 Å². The Morgan fingerprint density at radius 3 is 2.56 bits per heavy atom. The third-order valence-electron chi connectivity index (χ3n) is 1.54. The van der Waals surface area contributed by atoms with Crippen LogP contribution in [0.2, 0.25) is 0 Å². The summed E-state index contributed by atoms with van der Waals surface area (Å²) in [6.07, 6.45) is 0.368. The Balaban J connectivity index is 2.49. The molecule has 0 aromatic rings. The van der Waals surface area contributed by atoms with Crippen LogP contribution < -0.4 is 11.1 Å². The summed E-state index contributed by atoms with van der Waals surface area (Å²) in [4.78, 5) is 0. The summed E-state index contributed by atoms with van der Waals surface area (Å²) in [6.45, 7) is 0.338. The van der Waals surface area contributed by atoms with Gasteiger partial charge in [-0.3, -0.25) is 0 Å². The second-order valence-corrected chi connectivity index (χ2v) is 2.33. The summed E-state index contributed by atoms with van der Waals surface area (Å²) in [5.41, 5.74) is 5.12. The molecule has 1 rings (SSSR count). The fraction of sp³-hybridized carbons (Fsp3) is 1.00. The van der Waals surface area contributed by atoms with E-state index in [1.54, 1.807) is 0 Å². The molecule has 2 nitrogen and oxygen atoms in total. The molecule has 9 heavy (non-hydrogen) atoms. The van der Waals surface area contributed by atoms with Crippen LogP contribution >= 0.6 is 0 Å². The molecule has 0 radical (unpaired) electrons. The van der Waals surface area contributed by atoms with Gasteiger partial charge in [-0.15, -0.1) is 0 Å². The lowest BCUT2D eigenvalue weighted by molar-refractivity contribution is -0.0388. The van der Waals surface area contributed by atoms with Gasteiger partial charge in [0, 0.05) is 0 Å². The van der Waals surface area contributed by atoms with Gasteiger partial charge in [0.1, 0.15) is 0 Å². The fourth-order valence-corrected chi connectivity index (χ4v) is 0.855. The Morgan fingerprint density at radius 2 is 2.22 bits per heavy atom. The summed E-state index contributed by atoms with van der Waals surface area (Å²) in [5, 5.41) is 2.58. The van der Waals surface area contributed by atoms with Crippen LogP contribution in [0.4, 0.5) is 8.78 Å². The van der Waals surface area contributed by atoms with E-state index in [4.69, 9.17) is 5.73 Å². The Morgan fingerprint density at radius 1 is 1.56 bits per heavy atom. The van der Waals surface area contributed by atoms with Gasteiger partial charge in [0.2, 0.25) is 0 Å². The number of hydrogen-bond donors (Lipinski definition) is 2. The predicted molar refractivity (Wildman–Crippen MR) is 30.4 cm³/mol. The van der Waals surface area contributed by atoms with Crippen LogP contribution in [0.1, 0.15) is 6.42 Å². The van der Waals surface area contributed by atoms with Gasteiger partial charge in [-0.25, -0.2) is 8.78 Å². The molecule has 54 valence electrons. The summed E-state index contributed by atoms with van der Waals surface area (Å²) in [6, 6.07) is -0.946. The Hall–Kier alpha value is -0.220. The zero-order chi connectivity index (χ0) is 6.91. The first-order valence-electron chi connectivity index (χ1n) is 2.97. The van der Waals surface area contributed by atoms with Crippen LogP contribution in [0, 0.1) is 0 Å². The normalized spacial score (nSPS) is 34.3. The lowest BCUT2D eigenvalue weighted by atomic mass is 10.0. The lowest BCUT2D eigenvalue weighted by Crippen LogP contribution is -2.53. The highest BCUT2D eigenvalue weighted by atomic mass is 19.3. The van der Waals surface area contributed by atoms with Crippen LogP contribution in [-0.4, -0.2) is 25.1 Å². The fourth-order valence-electron chi connectivity index (χ4n) is 0.855. The molecule has 0 amide bonds. The maximum atomic E-state index is 12.4. The maximum absolute atomic E-state index is 12.4. The SMILES string of the molecule is N[C@H]1CCNCC1(F)F. The van der Waals surface area contributed by atoms with Gasteiger partial charge >= 0.3 is 0 Å². The summed E-state index contributed by atoms with van der Waals surface area (Å²) in [5.74, 6) is -2.70. The second-order valence-electron chi connectivity index (χ2n) is 2.33. The average Bonchev–Trinajstić information content (AvgIpc) is 1.77. The summed E-state index contributed by atoms with van der Waals surface area (Å²) < 4.78 is 24.8. The zero-order valence-corrected chi connectivity index (χ0v) is 5.03. The first-order valence-corrected chi connectivity index (χ1v) is 2.97. The van der Waals surface area contributed by atoms with Gasteiger partial charge in [0.05, 0.1) is 12.6 Å². The second kappa shape index (κ2) is 2.19. The van der Waals surface area contributed by atoms with Gasteiger partial charge in [-0.1, -0.05) is 0 Å². The molecule has 1 heterocycles. The highest BCUT2D eigenvalue weighted by Gasteiger charge is 2.38. The number of nitrogens with one attached hydrogen (secondary N) is 1. The van der Waals surface area contributed by atoms with Crippen LogP contribution in [0.3, 0.4) is 0 Å². The van der Waals surface area contributed by atoms with E-state index in [2.05, 4.69) is 5.32 Å². The number of halogens is 2. The smallest absolute Gasteiger partial charge is 0.275 e. The average molecular weight is 136 g/mol. The Bertz CT molecular complexity index is 105. The van der Waals surface area contributed by atoms with E-state index in [1.807, 2.05) is 0 Å². The van der Waals surface area contributed by atoms with Crippen molar-refractivity contribution in [1.29, 1.82) is 0 Å². The molecule has 1 aliphatic rings. The Kier molecular flexibility index (Phi) is 1.68. The van der Waals surface area contributed by atoms with E-state index < -0.39 is 12.0 Å². The standard InChI is InChI=1S/C5H10F2N2/c6-5(7)3-9-2-1-4(5)8/h4,9H,1-3,8H2/t4-/m0/s1. The van der Waals surface area contributed by atoms with E-state index in [0.29, 0.717) is 13.0 Å². The summed E-state index contributed by atoms with van der Waals surface area (Å²) in [7, 11) is 0. The molecular formula is C5H10F2N2. The third-order valence-corrected chi connectivity index (χ3v) is 1.54. The van der Waals surface area contributed by atoms with Crippen LogP contribution in [0.15, 0.2) is 0 Å². The van der Waals surface area contributed by atoms with Crippen molar-refractivity contribution < 1.29 is 8.78 Å². The van der Waals surface area contributed by atoms with Crippen LogP contribution in [0.25, 0.3) is 0 Å². The molecule has 0 aliphatic carbocycles. The molecule has 4 heteroatoms. The molecule has 1 saturated heterocycles. The van der Waals surface area contributed by atoms with Gasteiger partial charge in [-0.2, -0.15) is 0 Å². The minimum atomic E-state index is -2.70. The first-order chi connectivity index (χ1) is 4.13. The molecule has 0 unspecified atom stereocenters. The highest BCUT2D eigenvalue weighted by molar-refractivity contribution is 4.86. The van der Waals surface area contributed by atoms with Gasteiger partial charge in [-0.05, 0) is 13.0 Å². The number of nitrogens with two attached hydrogens (primary N) is 1. The van der Waals surface area contributed by atoms with Crippen molar-refractivity contribution in [1.82, 2.24) is 5.32 Å². The van der Waals surface area contributed by atoms with E-state index >= 15 is 0 Å². The summed E-state index contributed by atoms with van der Waals surface area (Å²) >= 11 is 0. The van der Waals surface area contributed by atoms with E-state index in [1.165, 1.54) is 0 Å². The number of piperidine rings is 1. The molecule has 0 aromatic heterocycles. The van der Waals surface area contributed by atoms with Crippen molar-refractivity contribution in [3.05, 3.63) is 0 Å². The lowest BCUT2D eigenvalue weighted by Gasteiger charge is -2.28. The molecular weight excluding hydrogens is 126 g/mol. The quantitative estimate of drug-likeness (QED) is 0.489. The van der Waals surface area contributed by atoms with Gasteiger partial charge < -0.3 is 11.1 Å². The highest BCUT2D eigenvalue weighted by Crippen LogP contribution is 2.20. The monoisotopic (exact) mass is 136 g/mol. The third kappa shape index (κ3) is 1.37. The van der Waals surface area contributed by atoms with E-state index in [9.17, 15) is 8.78 Å². The van der Waals surface area contributed by atoms with Crippen LogP contribution in [-0.2, 0) is 0 Å². The predicted octanol–water partition coefficient (Wildman–Crippen LogP) is -0.0577. The van der Waals surface area contributed by atoms with Crippen molar-refractivity contribution in [2.45, 2.75) is 18.4 Å². The van der Waals surface area contributed by atoms with E-state index in [-0.39, 0.29) is 6.54 Å². The molecule has 1 aliphatic heterocycles. The number of hydrogen-bond acceptors (Lipinski definition) is 2. The molecule has 0 saturated carbocycles. The van der Waals surface area contributed by atoms with Crippen molar-refractivity contribution in [2.75, 3.05) is 13.1 Å². The van der Waals surface area contributed by atoms with Crippen molar-refractivity contribution in [3.8, 4) is 0 Å². The van der Waals surface area contributed by atoms with Gasteiger partial charge in [0.15, 0.2) is 0 Å². The molecule has 0 aromatic carbocycles. The van der Waals surface area contributed by atoms with Crippen LogP contribution in [0.5, 0.6) is 0 Å². The number of alkyl halides is 2. The minimum absolute atomic E-state index is 0.270. The van der Waals surface area contributed by atoms with Crippen molar-refractivity contribution in [2.24, 2.45) is 5.73 Å². The molecule has 1 fully saturated rings. The zero-order valence-electron chi connectivity index (χ0n) is 5.03. The molecule has 1 atom stereocenters. The molecule has 0 bridgehead atoms.